The van der Waals surface area contributed by atoms with Gasteiger partial charge in [0.25, 0.3) is 6.47 Å². The molecule has 1 aliphatic heterocycles. The van der Waals surface area contributed by atoms with E-state index in [0.717, 1.165) is 30.0 Å². The van der Waals surface area contributed by atoms with Gasteiger partial charge in [-0.25, -0.2) is 4.98 Å². The number of likely N-dealkylation sites (tertiary alicyclic amines) is 1. The molecule has 0 radical (unpaired) electrons. The molecule has 3 heterocycles. The molecule has 2 amide bonds. The van der Waals surface area contributed by atoms with Gasteiger partial charge in [-0.2, -0.15) is 0 Å². The SMILES string of the molecule is CN1C[C@@H](NC(=O)CCc2cccnc2)CC[C@@H](C(=O)NCc2nccs2)C1.O=CO. The molecule has 1 aliphatic rings. The zero-order chi connectivity index (χ0) is 22.5. The number of carbonyl (C=O) groups is 3. The van der Waals surface area contributed by atoms with Crippen LogP contribution < -0.4 is 10.6 Å². The summed E-state index contributed by atoms with van der Waals surface area (Å²) < 4.78 is 0. The molecule has 31 heavy (non-hydrogen) atoms. The van der Waals surface area contributed by atoms with E-state index >= 15 is 0 Å². The average molecular weight is 448 g/mol. The van der Waals surface area contributed by atoms with Crippen molar-refractivity contribution in [1.82, 2.24) is 25.5 Å². The third-order valence-electron chi connectivity index (χ3n) is 4.92. The van der Waals surface area contributed by atoms with Gasteiger partial charge in [0.2, 0.25) is 11.8 Å². The largest absolute Gasteiger partial charge is 0.483 e. The Morgan fingerprint density at radius 2 is 2.13 bits per heavy atom. The van der Waals surface area contributed by atoms with Crippen molar-refractivity contribution in [1.29, 1.82) is 0 Å². The van der Waals surface area contributed by atoms with Gasteiger partial charge < -0.3 is 20.6 Å². The molecular weight excluding hydrogens is 418 g/mol. The first kappa shape index (κ1) is 24.4. The number of nitrogens with one attached hydrogen (secondary N) is 2. The van der Waals surface area contributed by atoms with Crippen molar-refractivity contribution < 1.29 is 19.5 Å². The molecule has 3 rings (SSSR count). The number of carbonyl (C=O) groups excluding carboxylic acids is 2. The molecule has 168 valence electrons. The first-order valence-corrected chi connectivity index (χ1v) is 11.0. The van der Waals surface area contributed by atoms with E-state index in [1.807, 2.05) is 24.6 Å². The summed E-state index contributed by atoms with van der Waals surface area (Å²) in [4.78, 5) is 43.6. The number of hydrogen-bond acceptors (Lipinski definition) is 7. The van der Waals surface area contributed by atoms with Crippen LogP contribution in [0.3, 0.4) is 0 Å². The second kappa shape index (κ2) is 13.5. The van der Waals surface area contributed by atoms with E-state index in [1.165, 1.54) is 11.3 Å². The third kappa shape index (κ3) is 9.22. The molecule has 1 saturated heterocycles. The summed E-state index contributed by atoms with van der Waals surface area (Å²) in [5, 5.41) is 15.8. The number of carboxylic acid groups (broad SMARTS) is 1. The topological polar surface area (TPSA) is 125 Å². The van der Waals surface area contributed by atoms with Crippen LogP contribution in [0.25, 0.3) is 0 Å². The fourth-order valence-corrected chi connectivity index (χ4v) is 4.05. The van der Waals surface area contributed by atoms with E-state index in [9.17, 15) is 9.59 Å². The predicted octanol–water partition coefficient (Wildman–Crippen LogP) is 1.31. The van der Waals surface area contributed by atoms with E-state index in [0.29, 0.717) is 25.9 Å². The van der Waals surface area contributed by atoms with Crippen LogP contribution in [0, 0.1) is 5.92 Å². The Labute approximate surface area is 185 Å². The molecular formula is C21H29N5O4S. The molecule has 2 aromatic heterocycles. The monoisotopic (exact) mass is 447 g/mol. The van der Waals surface area contributed by atoms with E-state index < -0.39 is 0 Å². The van der Waals surface area contributed by atoms with Crippen LogP contribution in [0.5, 0.6) is 0 Å². The van der Waals surface area contributed by atoms with Gasteiger partial charge in [0, 0.05) is 49.5 Å². The summed E-state index contributed by atoms with van der Waals surface area (Å²) in [5.74, 6) is 0.0433. The lowest BCUT2D eigenvalue weighted by molar-refractivity contribution is -0.126. The molecule has 0 bridgehead atoms. The normalized spacial score (nSPS) is 18.7. The molecule has 0 saturated carbocycles. The van der Waals surface area contributed by atoms with Crippen LogP contribution in [-0.4, -0.2) is 64.4 Å². The second-order valence-electron chi connectivity index (χ2n) is 7.37. The number of thiazole rings is 1. The summed E-state index contributed by atoms with van der Waals surface area (Å²) in [6.07, 6.45) is 7.97. The zero-order valence-electron chi connectivity index (χ0n) is 17.6. The second-order valence-corrected chi connectivity index (χ2v) is 8.35. The summed E-state index contributed by atoms with van der Waals surface area (Å²) in [6.45, 7) is 1.69. The highest BCUT2D eigenvalue weighted by Gasteiger charge is 2.27. The van der Waals surface area contributed by atoms with Gasteiger partial charge in [0.15, 0.2) is 0 Å². The van der Waals surface area contributed by atoms with Crippen molar-refractivity contribution in [3.05, 3.63) is 46.7 Å². The van der Waals surface area contributed by atoms with Gasteiger partial charge in [0.1, 0.15) is 5.01 Å². The number of likely N-dealkylation sites (N-methyl/N-ethyl adjacent to an activating group) is 1. The van der Waals surface area contributed by atoms with Crippen LogP contribution >= 0.6 is 11.3 Å². The first-order valence-electron chi connectivity index (χ1n) is 10.1. The van der Waals surface area contributed by atoms with Crippen molar-refractivity contribution in [3.8, 4) is 0 Å². The Hall–Kier alpha value is -2.85. The molecule has 2 atom stereocenters. The predicted molar refractivity (Wildman–Crippen MR) is 117 cm³/mol. The Morgan fingerprint density at radius 1 is 1.32 bits per heavy atom. The fourth-order valence-electron chi connectivity index (χ4n) is 3.49. The lowest BCUT2D eigenvalue weighted by Gasteiger charge is -2.22. The molecule has 3 N–H and O–H groups in total. The van der Waals surface area contributed by atoms with Crippen LogP contribution in [-0.2, 0) is 27.3 Å². The first-order chi connectivity index (χ1) is 15.0. The molecule has 0 unspecified atom stereocenters. The molecule has 0 spiro atoms. The average Bonchev–Trinajstić information content (AvgIpc) is 3.21. The number of rotatable bonds is 7. The molecule has 9 nitrogen and oxygen atoms in total. The van der Waals surface area contributed by atoms with E-state index in [4.69, 9.17) is 9.90 Å². The Balaban J connectivity index is 0.00000107. The smallest absolute Gasteiger partial charge is 0.290 e. The van der Waals surface area contributed by atoms with Crippen LogP contribution in [0.2, 0.25) is 0 Å². The maximum atomic E-state index is 12.5. The van der Waals surface area contributed by atoms with Gasteiger partial charge in [-0.15, -0.1) is 11.3 Å². The van der Waals surface area contributed by atoms with Crippen molar-refractivity contribution in [3.63, 3.8) is 0 Å². The third-order valence-corrected chi connectivity index (χ3v) is 5.70. The van der Waals surface area contributed by atoms with Crippen LogP contribution in [0.1, 0.15) is 29.8 Å². The Bertz CT molecular complexity index is 803. The van der Waals surface area contributed by atoms with Gasteiger partial charge in [0.05, 0.1) is 12.5 Å². The van der Waals surface area contributed by atoms with Gasteiger partial charge in [-0.05, 0) is 37.9 Å². The Kier molecular flexibility index (Phi) is 10.6. The molecule has 1 fully saturated rings. The molecule has 10 heteroatoms. The quantitative estimate of drug-likeness (QED) is 0.547. The summed E-state index contributed by atoms with van der Waals surface area (Å²) in [7, 11) is 2.00. The standard InChI is InChI=1S/C20H27N5O2S.CH2O2/c1-25-13-16(20(27)23-12-19-22-9-10-28-19)5-6-17(14-25)24-18(26)7-4-15-3-2-8-21-11-15;2-1-3/h2-3,8-11,16-17H,4-7,12-14H2,1H3,(H,23,27)(H,24,26);1H,(H,2,3)/t16-,17+;/m1./s1. The molecule has 0 aromatic carbocycles. The van der Waals surface area contributed by atoms with Gasteiger partial charge >= 0.3 is 0 Å². The maximum Gasteiger partial charge on any atom is 0.290 e. The molecule has 2 aromatic rings. The lowest BCUT2D eigenvalue weighted by Crippen LogP contribution is -2.42. The lowest BCUT2D eigenvalue weighted by atomic mass is 10.0. The van der Waals surface area contributed by atoms with E-state index in [-0.39, 0.29) is 30.2 Å². The number of nitrogens with zero attached hydrogens (tertiary/aromatic N) is 3. The number of aryl methyl sites for hydroxylation is 1. The number of aromatic nitrogens is 2. The highest BCUT2D eigenvalue weighted by molar-refractivity contribution is 7.09. The van der Waals surface area contributed by atoms with E-state index in [2.05, 4.69) is 25.5 Å². The minimum absolute atomic E-state index is 0.0499. The zero-order valence-corrected chi connectivity index (χ0v) is 18.4. The van der Waals surface area contributed by atoms with Crippen molar-refractivity contribution in [2.45, 2.75) is 38.3 Å². The highest BCUT2D eigenvalue weighted by atomic mass is 32.1. The van der Waals surface area contributed by atoms with Gasteiger partial charge in [-0.3, -0.25) is 19.4 Å². The molecule has 0 aliphatic carbocycles. The number of amides is 2. The van der Waals surface area contributed by atoms with Crippen molar-refractivity contribution in [2.24, 2.45) is 5.92 Å². The van der Waals surface area contributed by atoms with Crippen molar-refractivity contribution in [2.75, 3.05) is 20.1 Å². The van der Waals surface area contributed by atoms with Crippen molar-refractivity contribution >= 4 is 29.6 Å². The summed E-state index contributed by atoms with van der Waals surface area (Å²) in [6, 6.07) is 3.94. The Morgan fingerprint density at radius 3 is 2.81 bits per heavy atom. The highest BCUT2D eigenvalue weighted by Crippen LogP contribution is 2.17. The minimum atomic E-state index is -0.250. The summed E-state index contributed by atoms with van der Waals surface area (Å²) in [5.41, 5.74) is 1.06. The van der Waals surface area contributed by atoms with Gasteiger partial charge in [-0.1, -0.05) is 6.07 Å². The number of hydrogen-bond donors (Lipinski definition) is 3. The van der Waals surface area contributed by atoms with Crippen LogP contribution in [0.4, 0.5) is 0 Å². The summed E-state index contributed by atoms with van der Waals surface area (Å²) >= 11 is 1.54. The minimum Gasteiger partial charge on any atom is -0.483 e. The maximum absolute atomic E-state index is 12.5. The fraction of sp³-hybridized carbons (Fsp3) is 0.476. The van der Waals surface area contributed by atoms with Crippen LogP contribution in [0.15, 0.2) is 36.1 Å². The van der Waals surface area contributed by atoms with E-state index in [1.54, 1.807) is 18.6 Å². The number of pyridine rings is 1.